The van der Waals surface area contributed by atoms with Crippen LogP contribution in [0.5, 0.6) is 0 Å². The molecule has 0 saturated heterocycles. The van der Waals surface area contributed by atoms with E-state index in [-0.39, 0.29) is 6.61 Å². The van der Waals surface area contributed by atoms with Crippen LogP contribution in [0.2, 0.25) is 0 Å². The Kier molecular flexibility index (Phi) is 15.6. The van der Waals surface area contributed by atoms with Crippen LogP contribution in [0.25, 0.3) is 16.9 Å². The second-order valence-corrected chi connectivity index (χ2v) is 19.1. The Morgan fingerprint density at radius 3 is 1.07 bits per heavy atom. The first-order valence-electron chi connectivity index (χ1n) is 24.9. The molecule has 0 radical (unpaired) electrons. The van der Waals surface area contributed by atoms with Crippen molar-refractivity contribution in [2.45, 2.75) is 127 Å². The number of fused-ring (bicyclic) bond motifs is 3. The van der Waals surface area contributed by atoms with Crippen LogP contribution < -0.4 is 16.0 Å². The summed E-state index contributed by atoms with van der Waals surface area (Å²) in [7, 11) is 0. The number of rotatable bonds is 16. The topological polar surface area (TPSA) is 144 Å². The molecule has 13 nitrogen and oxygen atoms in total. The van der Waals surface area contributed by atoms with E-state index in [1.54, 1.807) is 0 Å². The van der Waals surface area contributed by atoms with Crippen LogP contribution in [0.1, 0.15) is 98.1 Å². The van der Waals surface area contributed by atoms with Crippen LogP contribution in [0.3, 0.4) is 0 Å². The van der Waals surface area contributed by atoms with E-state index >= 15 is 0 Å². The third-order valence-corrected chi connectivity index (χ3v) is 14.0. The molecule has 0 bridgehead atoms. The molecule has 9 aromatic rings. The predicted molar refractivity (Wildman–Crippen MR) is 289 cm³/mol. The predicted octanol–water partition coefficient (Wildman–Crippen LogP) is 12.1. The molecular weight excluding hydrogens is 899 g/mol. The monoisotopic (exact) mass is 968 g/mol. The van der Waals surface area contributed by atoms with E-state index in [0.717, 1.165) is 74.7 Å². The van der Waals surface area contributed by atoms with E-state index in [1.165, 1.54) is 50.1 Å². The lowest BCUT2D eigenvalue weighted by Crippen LogP contribution is -2.23. The molecule has 0 amide bonds. The zero-order valence-corrected chi connectivity index (χ0v) is 43.6. The lowest BCUT2D eigenvalue weighted by atomic mass is 10.0. The van der Waals surface area contributed by atoms with Crippen molar-refractivity contribution < 1.29 is 19.4 Å². The number of aliphatic hydroxyl groups excluding tert-OH is 1. The van der Waals surface area contributed by atoms with Crippen LogP contribution >= 0.6 is 0 Å². The number of aromatic nitrogens is 6. The number of anilines is 3. The molecule has 2 unspecified atom stereocenters. The number of hydrogen-bond donors (Lipinski definition) is 4. The van der Waals surface area contributed by atoms with Gasteiger partial charge in [-0.15, -0.1) is 0 Å². The maximum absolute atomic E-state index is 12.9. The Morgan fingerprint density at radius 1 is 0.472 bits per heavy atom. The van der Waals surface area contributed by atoms with Crippen molar-refractivity contribution >= 4 is 40.2 Å². The Balaban J connectivity index is 0.000000262. The minimum atomic E-state index is -0.695. The second-order valence-electron chi connectivity index (χ2n) is 19.1. The summed E-state index contributed by atoms with van der Waals surface area (Å²) in [6, 6.07) is 31.2. The summed E-state index contributed by atoms with van der Waals surface area (Å²) < 4.78 is 17.6. The molecule has 0 spiro atoms. The maximum atomic E-state index is 12.9. The average Bonchev–Trinajstić information content (AvgIpc) is 3.97. The van der Waals surface area contributed by atoms with Crippen LogP contribution in [-0.2, 0) is 48.6 Å². The highest BCUT2D eigenvalue weighted by atomic mass is 16.7. The second kappa shape index (κ2) is 22.2. The Hall–Kier alpha value is -7.64. The summed E-state index contributed by atoms with van der Waals surface area (Å²) in [5.74, 6) is 0. The summed E-state index contributed by atoms with van der Waals surface area (Å²) in [5.41, 5.74) is 22.4. The lowest BCUT2D eigenvalue weighted by molar-refractivity contribution is 0.00754. The molecule has 4 N–H and O–H groups in total. The molecular formula is C59H69N9O4. The van der Waals surface area contributed by atoms with Crippen molar-refractivity contribution in [3.05, 3.63) is 194 Å². The fourth-order valence-electron chi connectivity index (χ4n) is 9.57. The third kappa shape index (κ3) is 11.1. The quantitative estimate of drug-likeness (QED) is 0.0691. The molecule has 374 valence electrons. The Morgan fingerprint density at radius 2 is 0.764 bits per heavy atom. The van der Waals surface area contributed by atoms with Crippen LogP contribution in [0.4, 0.5) is 21.9 Å². The van der Waals surface area contributed by atoms with Gasteiger partial charge in [0, 0.05) is 68.1 Å². The van der Waals surface area contributed by atoms with Gasteiger partial charge in [0.2, 0.25) is 0 Å². The minimum absolute atomic E-state index is 0.0378. The maximum Gasteiger partial charge on any atom is 0.508 e. The molecule has 6 heterocycles. The van der Waals surface area contributed by atoms with Gasteiger partial charge >= 0.3 is 6.16 Å². The van der Waals surface area contributed by atoms with Gasteiger partial charge in [0.15, 0.2) is 16.9 Å². The number of ether oxygens (including phenoxy) is 2. The number of aliphatic hydroxyl groups is 1. The molecule has 2 atom stereocenters. The summed E-state index contributed by atoms with van der Waals surface area (Å²) in [6.07, 6.45) is 5.39. The number of pyridine rings is 3. The number of hydrogen-bond acceptors (Lipinski definition) is 10. The van der Waals surface area contributed by atoms with Crippen LogP contribution in [0.15, 0.2) is 110 Å². The molecule has 0 fully saturated rings. The fourth-order valence-corrected chi connectivity index (χ4v) is 9.57. The summed E-state index contributed by atoms with van der Waals surface area (Å²) in [4.78, 5) is 27.4. The zero-order chi connectivity index (χ0) is 51.2. The summed E-state index contributed by atoms with van der Waals surface area (Å²) in [6.45, 7) is 24.8. The zero-order valence-electron chi connectivity index (χ0n) is 43.6. The van der Waals surface area contributed by atoms with E-state index in [0.29, 0.717) is 25.9 Å². The van der Waals surface area contributed by atoms with Gasteiger partial charge in [-0.05, 0) is 163 Å². The van der Waals surface area contributed by atoms with Gasteiger partial charge in [-0.3, -0.25) is 0 Å². The van der Waals surface area contributed by atoms with Gasteiger partial charge in [-0.1, -0.05) is 54.6 Å². The van der Waals surface area contributed by atoms with Gasteiger partial charge in [0.05, 0.1) is 40.8 Å². The SMILES string of the molecule is Cc1cccc(C)c1CNc1cccn2c(C)c(CC(C)OC(=O)OC(C)Cc3nc4c(NCc5c(C)cccc5C)cccn4c3C)nc12.Cc1cccc(C)c1CNc1cccn2c(C)c(CO)nc12. The number of imidazole rings is 3. The van der Waals surface area contributed by atoms with Crippen LogP contribution in [0, 0.1) is 62.3 Å². The van der Waals surface area contributed by atoms with Crippen molar-refractivity contribution in [2.75, 3.05) is 16.0 Å². The van der Waals surface area contributed by atoms with Gasteiger partial charge in [-0.2, -0.15) is 0 Å². The first kappa shape index (κ1) is 50.7. The van der Waals surface area contributed by atoms with E-state index < -0.39 is 18.4 Å². The summed E-state index contributed by atoms with van der Waals surface area (Å²) >= 11 is 0. The third-order valence-electron chi connectivity index (χ3n) is 14.0. The largest absolute Gasteiger partial charge is 0.508 e. The molecule has 9 rings (SSSR count). The molecule has 0 saturated carbocycles. The molecule has 0 aliphatic heterocycles. The Labute approximate surface area is 423 Å². The van der Waals surface area contributed by atoms with Crippen molar-refractivity contribution in [1.82, 2.24) is 28.2 Å². The minimum Gasteiger partial charge on any atom is -0.431 e. The summed E-state index contributed by atoms with van der Waals surface area (Å²) in [5, 5.41) is 20.1. The molecule has 0 aliphatic carbocycles. The van der Waals surface area contributed by atoms with E-state index in [2.05, 4.69) is 126 Å². The number of aryl methyl sites for hydroxylation is 9. The highest BCUT2D eigenvalue weighted by Gasteiger charge is 2.22. The highest BCUT2D eigenvalue weighted by Crippen LogP contribution is 2.27. The van der Waals surface area contributed by atoms with E-state index in [4.69, 9.17) is 19.4 Å². The molecule has 3 aromatic carbocycles. The van der Waals surface area contributed by atoms with Crippen molar-refractivity contribution in [3.63, 3.8) is 0 Å². The standard InChI is InChI=1S/C41H48N6O3.C18H21N3O/c1-25-13-9-14-26(2)33(25)23-42-35-17-11-19-46-31(7)37(44-39(35)46)21-29(5)49-41(48)50-30(6)22-38-32(8)47-20-12-18-36(40(47)45-38)43-24-34-27(3)15-10-16-28(34)4;1-12-6-4-7-13(2)15(12)10-19-16-8-5-9-21-14(3)17(11-22)20-18(16)21/h9-20,29-30,42-43H,21-24H2,1-8H3;4-9,19,22H,10-11H2,1-3H3. The molecule has 13 heteroatoms. The fraction of sp³-hybridized carbons (Fsp3) is 0.322. The van der Waals surface area contributed by atoms with Crippen molar-refractivity contribution in [3.8, 4) is 0 Å². The van der Waals surface area contributed by atoms with Crippen molar-refractivity contribution in [2.24, 2.45) is 0 Å². The normalized spacial score (nSPS) is 12.2. The Bertz CT molecular complexity index is 3170. The van der Waals surface area contributed by atoms with Gasteiger partial charge in [-0.25, -0.2) is 19.7 Å². The smallest absolute Gasteiger partial charge is 0.431 e. The van der Waals surface area contributed by atoms with Crippen molar-refractivity contribution in [1.29, 1.82) is 0 Å². The number of nitrogens with one attached hydrogen (secondary N) is 3. The first-order chi connectivity index (χ1) is 34.6. The number of carbonyl (C=O) groups excluding carboxylic acids is 1. The van der Waals surface area contributed by atoms with Crippen LogP contribution in [-0.4, -0.2) is 51.6 Å². The number of benzene rings is 3. The number of carbonyl (C=O) groups is 1. The van der Waals surface area contributed by atoms with Gasteiger partial charge in [0.25, 0.3) is 0 Å². The highest BCUT2D eigenvalue weighted by molar-refractivity contribution is 5.71. The first-order valence-corrected chi connectivity index (χ1v) is 24.9. The average molecular weight is 968 g/mol. The van der Waals surface area contributed by atoms with Gasteiger partial charge in [0.1, 0.15) is 12.2 Å². The van der Waals surface area contributed by atoms with Gasteiger partial charge < -0.3 is 43.7 Å². The lowest BCUT2D eigenvalue weighted by Gasteiger charge is -2.16. The molecule has 72 heavy (non-hydrogen) atoms. The van der Waals surface area contributed by atoms with E-state index in [9.17, 15) is 9.90 Å². The van der Waals surface area contributed by atoms with E-state index in [1.807, 2.05) is 94.0 Å². The number of nitrogens with zero attached hydrogens (tertiary/aromatic N) is 6. The molecule has 0 aliphatic rings. The molecule has 6 aromatic heterocycles.